The zero-order chi connectivity index (χ0) is 15.6. The number of thioether (sulfide) groups is 1. The summed E-state index contributed by atoms with van der Waals surface area (Å²) in [5.74, 6) is -0.554. The molecule has 0 atom stereocenters. The maximum atomic E-state index is 12.6. The molecule has 0 aliphatic rings. The minimum absolute atomic E-state index is 0.0545. The number of hydrogen-bond acceptors (Lipinski definition) is 3. The van der Waals surface area contributed by atoms with Crippen LogP contribution in [0.15, 0.2) is 35.4 Å². The highest BCUT2D eigenvalue weighted by Crippen LogP contribution is 2.30. The molecule has 0 spiro atoms. The van der Waals surface area contributed by atoms with Gasteiger partial charge in [0.05, 0.1) is 11.3 Å². The van der Waals surface area contributed by atoms with Gasteiger partial charge in [0.25, 0.3) is 0 Å². The molecule has 1 aromatic heterocycles. The summed E-state index contributed by atoms with van der Waals surface area (Å²) in [7, 11) is 0. The Kier molecular flexibility index (Phi) is 4.26. The van der Waals surface area contributed by atoms with Crippen molar-refractivity contribution in [3.05, 3.63) is 41.7 Å². The molecule has 0 aliphatic carbocycles. The Labute approximate surface area is 122 Å². The smallest absolute Gasteiger partial charge is 0.435 e. The highest BCUT2D eigenvalue weighted by atomic mass is 32.2. The summed E-state index contributed by atoms with van der Waals surface area (Å²) in [6.45, 7) is 1.86. The quantitative estimate of drug-likeness (QED) is 0.874. The van der Waals surface area contributed by atoms with E-state index in [1.54, 1.807) is 12.1 Å². The third-order valence-electron chi connectivity index (χ3n) is 2.64. The van der Waals surface area contributed by atoms with Crippen molar-refractivity contribution in [2.75, 3.05) is 5.75 Å². The molecule has 2 aromatic rings. The number of carboxylic acid groups (broad SMARTS) is 1. The number of aromatic nitrogens is 2. The summed E-state index contributed by atoms with van der Waals surface area (Å²) in [4.78, 5) is 11.9. The van der Waals surface area contributed by atoms with Crippen molar-refractivity contribution in [2.45, 2.75) is 18.0 Å². The van der Waals surface area contributed by atoms with Crippen molar-refractivity contribution in [1.82, 2.24) is 9.78 Å². The summed E-state index contributed by atoms with van der Waals surface area (Å²) in [5, 5.41) is 12.7. The molecule has 0 radical (unpaired) electrons. The fourth-order valence-electron chi connectivity index (χ4n) is 1.81. The fourth-order valence-corrected chi connectivity index (χ4v) is 2.63. The molecular weight excluding hydrogens is 305 g/mol. The lowest BCUT2D eigenvalue weighted by molar-refractivity contribution is -0.141. The van der Waals surface area contributed by atoms with Crippen LogP contribution in [0, 0.1) is 0 Å². The topological polar surface area (TPSA) is 55.1 Å². The molecule has 0 unspecified atom stereocenters. The van der Waals surface area contributed by atoms with Crippen LogP contribution in [0.4, 0.5) is 13.2 Å². The lowest BCUT2D eigenvalue weighted by Crippen LogP contribution is -2.10. The molecule has 0 saturated carbocycles. The van der Waals surface area contributed by atoms with Crippen molar-refractivity contribution in [2.24, 2.45) is 0 Å². The maximum absolute atomic E-state index is 12.6. The first kappa shape index (κ1) is 15.4. The average Bonchev–Trinajstić information content (AvgIpc) is 2.87. The molecule has 0 bridgehead atoms. The summed E-state index contributed by atoms with van der Waals surface area (Å²) in [5.41, 5.74) is -1.01. The Morgan fingerprint density at radius 3 is 2.62 bits per heavy atom. The van der Waals surface area contributed by atoms with Crippen molar-refractivity contribution in [3.8, 4) is 5.69 Å². The average molecular weight is 316 g/mol. The lowest BCUT2D eigenvalue weighted by atomic mass is 10.2. The highest BCUT2D eigenvalue weighted by molar-refractivity contribution is 7.99. The molecule has 21 heavy (non-hydrogen) atoms. The van der Waals surface area contributed by atoms with E-state index >= 15 is 0 Å². The van der Waals surface area contributed by atoms with Gasteiger partial charge in [-0.2, -0.15) is 18.3 Å². The highest BCUT2D eigenvalue weighted by Gasteiger charge is 2.34. The standard InChI is InChI=1S/C13H11F3N2O2S/c1-2-21-9-5-3-4-8(11(9)12(19)20)18-7-6-10(17-18)13(14,15)16/h3-7H,2H2,1H3,(H,19,20). The van der Waals surface area contributed by atoms with Crippen LogP contribution in [-0.4, -0.2) is 26.6 Å². The molecule has 0 amide bonds. The predicted octanol–water partition coefficient (Wildman–Crippen LogP) is 3.70. The van der Waals surface area contributed by atoms with Gasteiger partial charge in [0.1, 0.15) is 0 Å². The van der Waals surface area contributed by atoms with Crippen LogP contribution >= 0.6 is 11.8 Å². The molecule has 0 saturated heterocycles. The zero-order valence-corrected chi connectivity index (χ0v) is 11.7. The number of aromatic carboxylic acids is 1. The monoisotopic (exact) mass is 316 g/mol. The summed E-state index contributed by atoms with van der Waals surface area (Å²) >= 11 is 1.31. The Morgan fingerprint density at radius 1 is 1.38 bits per heavy atom. The molecule has 0 fully saturated rings. The van der Waals surface area contributed by atoms with E-state index in [1.165, 1.54) is 17.8 Å². The van der Waals surface area contributed by atoms with Gasteiger partial charge in [0, 0.05) is 11.1 Å². The molecule has 4 nitrogen and oxygen atoms in total. The largest absolute Gasteiger partial charge is 0.478 e. The Hall–Kier alpha value is -1.96. The van der Waals surface area contributed by atoms with E-state index in [4.69, 9.17) is 0 Å². The molecule has 1 heterocycles. The van der Waals surface area contributed by atoms with Crippen LogP contribution in [0.25, 0.3) is 5.69 Å². The van der Waals surface area contributed by atoms with Gasteiger partial charge in [-0.25, -0.2) is 9.48 Å². The number of nitrogens with zero attached hydrogens (tertiary/aromatic N) is 2. The van der Waals surface area contributed by atoms with Crippen LogP contribution in [0.3, 0.4) is 0 Å². The van der Waals surface area contributed by atoms with Crippen molar-refractivity contribution in [1.29, 1.82) is 0 Å². The van der Waals surface area contributed by atoms with E-state index in [9.17, 15) is 23.1 Å². The van der Waals surface area contributed by atoms with Crippen molar-refractivity contribution < 1.29 is 23.1 Å². The molecule has 112 valence electrons. The number of alkyl halides is 3. The lowest BCUT2D eigenvalue weighted by Gasteiger charge is -2.10. The fraction of sp³-hybridized carbons (Fsp3) is 0.231. The summed E-state index contributed by atoms with van der Waals surface area (Å²) in [6.07, 6.45) is -3.46. The summed E-state index contributed by atoms with van der Waals surface area (Å²) < 4.78 is 38.7. The Bertz CT molecular complexity index is 668. The molecule has 0 aliphatic heterocycles. The first-order chi connectivity index (χ1) is 9.84. The zero-order valence-electron chi connectivity index (χ0n) is 10.9. The van der Waals surface area contributed by atoms with Gasteiger partial charge in [-0.05, 0) is 24.0 Å². The van der Waals surface area contributed by atoms with Crippen molar-refractivity contribution >= 4 is 17.7 Å². The molecule has 1 N–H and O–H groups in total. The van der Waals surface area contributed by atoms with Gasteiger partial charge in [-0.1, -0.05) is 13.0 Å². The van der Waals surface area contributed by atoms with E-state index in [-0.39, 0.29) is 11.3 Å². The van der Waals surface area contributed by atoms with Gasteiger partial charge in [0.15, 0.2) is 5.69 Å². The molecule has 8 heteroatoms. The SMILES string of the molecule is CCSc1cccc(-n2ccc(C(F)(F)F)n2)c1C(=O)O. The number of halogens is 3. The summed E-state index contributed by atoms with van der Waals surface area (Å²) in [6, 6.07) is 5.45. The van der Waals surface area contributed by atoms with Crippen LogP contribution in [-0.2, 0) is 6.18 Å². The number of carboxylic acids is 1. The van der Waals surface area contributed by atoms with Crippen LogP contribution < -0.4 is 0 Å². The van der Waals surface area contributed by atoms with Gasteiger partial charge in [-0.3, -0.25) is 0 Å². The second-order valence-electron chi connectivity index (χ2n) is 4.03. The second kappa shape index (κ2) is 5.80. The van der Waals surface area contributed by atoms with Gasteiger partial charge in [0.2, 0.25) is 0 Å². The van der Waals surface area contributed by atoms with E-state index in [2.05, 4.69) is 5.10 Å². The first-order valence-electron chi connectivity index (χ1n) is 5.97. The van der Waals surface area contributed by atoms with Gasteiger partial charge >= 0.3 is 12.1 Å². The molecule has 2 rings (SSSR count). The Balaban J connectivity index is 2.56. The third kappa shape index (κ3) is 3.21. The maximum Gasteiger partial charge on any atom is 0.435 e. The molecule has 1 aromatic carbocycles. The number of hydrogen-bond donors (Lipinski definition) is 1. The number of carbonyl (C=O) groups is 1. The van der Waals surface area contributed by atoms with Crippen LogP contribution in [0.1, 0.15) is 23.0 Å². The van der Waals surface area contributed by atoms with Crippen LogP contribution in [0.5, 0.6) is 0 Å². The van der Waals surface area contributed by atoms with Crippen molar-refractivity contribution in [3.63, 3.8) is 0 Å². The Morgan fingerprint density at radius 2 is 2.10 bits per heavy atom. The third-order valence-corrected chi connectivity index (χ3v) is 3.58. The van der Waals surface area contributed by atoms with Crippen LogP contribution in [0.2, 0.25) is 0 Å². The first-order valence-corrected chi connectivity index (χ1v) is 6.95. The number of rotatable bonds is 4. The van der Waals surface area contributed by atoms with Gasteiger partial charge < -0.3 is 5.11 Å². The second-order valence-corrected chi connectivity index (χ2v) is 5.34. The van der Waals surface area contributed by atoms with E-state index in [1.807, 2.05) is 6.92 Å². The minimum atomic E-state index is -4.57. The normalized spacial score (nSPS) is 11.6. The number of benzene rings is 1. The van der Waals surface area contributed by atoms with Gasteiger partial charge in [-0.15, -0.1) is 11.8 Å². The van der Waals surface area contributed by atoms with E-state index in [0.717, 1.165) is 16.9 Å². The predicted molar refractivity (Wildman–Crippen MR) is 71.9 cm³/mol. The minimum Gasteiger partial charge on any atom is -0.478 e. The van der Waals surface area contributed by atoms with E-state index in [0.29, 0.717) is 10.6 Å². The van der Waals surface area contributed by atoms with E-state index < -0.39 is 17.8 Å². The molecular formula is C13H11F3N2O2S.